The maximum absolute atomic E-state index is 12.6. The first-order chi connectivity index (χ1) is 19.0. The lowest BCUT2D eigenvalue weighted by atomic mass is 10.0. The molecular formula is C29H35ClN6O3. The van der Waals surface area contributed by atoms with Gasteiger partial charge in [0.1, 0.15) is 5.82 Å². The number of non-ortho nitro benzene ring substituents is 1. The molecule has 0 spiro atoms. The molecule has 3 heterocycles. The van der Waals surface area contributed by atoms with E-state index in [2.05, 4.69) is 25.0 Å². The summed E-state index contributed by atoms with van der Waals surface area (Å²) in [7, 11) is 0. The van der Waals surface area contributed by atoms with Gasteiger partial charge in [-0.3, -0.25) is 24.7 Å². The number of piperidine rings is 1. The summed E-state index contributed by atoms with van der Waals surface area (Å²) >= 11 is 6.58. The van der Waals surface area contributed by atoms with E-state index in [4.69, 9.17) is 11.6 Å². The van der Waals surface area contributed by atoms with Crippen molar-refractivity contribution in [1.82, 2.24) is 20.1 Å². The maximum atomic E-state index is 12.6. The zero-order valence-electron chi connectivity index (χ0n) is 21.8. The summed E-state index contributed by atoms with van der Waals surface area (Å²) in [5.74, 6) is 0.540. The smallest absolute Gasteiger partial charge is 0.269 e. The summed E-state index contributed by atoms with van der Waals surface area (Å²) in [6.07, 6.45) is 3.83. The third-order valence-electron chi connectivity index (χ3n) is 7.62. The van der Waals surface area contributed by atoms with E-state index in [1.807, 2.05) is 42.5 Å². The molecule has 0 atom stereocenters. The van der Waals surface area contributed by atoms with Gasteiger partial charge < -0.3 is 10.2 Å². The van der Waals surface area contributed by atoms with Crippen LogP contribution in [0.4, 0.5) is 11.5 Å². The van der Waals surface area contributed by atoms with E-state index in [0.29, 0.717) is 23.2 Å². The van der Waals surface area contributed by atoms with Gasteiger partial charge in [0.05, 0.1) is 15.5 Å². The Morgan fingerprint density at radius 2 is 1.69 bits per heavy atom. The fourth-order valence-corrected chi connectivity index (χ4v) is 5.68. The number of hydrogen-bond acceptors (Lipinski definition) is 7. The molecule has 10 heteroatoms. The van der Waals surface area contributed by atoms with Crippen molar-refractivity contribution in [3.63, 3.8) is 0 Å². The lowest BCUT2D eigenvalue weighted by molar-refractivity contribution is -0.384. The molecule has 2 saturated heterocycles. The lowest BCUT2D eigenvalue weighted by Crippen LogP contribution is -2.53. The number of nitro benzene ring substituents is 1. The molecule has 0 radical (unpaired) electrons. The van der Waals surface area contributed by atoms with Crippen molar-refractivity contribution in [2.24, 2.45) is 0 Å². The predicted molar refractivity (Wildman–Crippen MR) is 154 cm³/mol. The first kappa shape index (κ1) is 27.1. The number of carbonyl (C=O) groups is 1. The van der Waals surface area contributed by atoms with E-state index in [-0.39, 0.29) is 17.9 Å². The van der Waals surface area contributed by atoms with Crippen LogP contribution < -0.4 is 10.2 Å². The highest BCUT2D eigenvalue weighted by Crippen LogP contribution is 2.27. The number of likely N-dealkylation sites (tertiary alicyclic amines) is 1. The van der Waals surface area contributed by atoms with E-state index >= 15 is 0 Å². The summed E-state index contributed by atoms with van der Waals surface area (Å²) in [5, 5.41) is 14.3. The van der Waals surface area contributed by atoms with E-state index in [1.165, 1.54) is 0 Å². The summed E-state index contributed by atoms with van der Waals surface area (Å²) in [6, 6.07) is 18.9. The van der Waals surface area contributed by atoms with Gasteiger partial charge in [0, 0.05) is 65.1 Å². The number of amides is 1. The molecule has 3 aromatic rings. The number of nitrogens with one attached hydrogen (secondary N) is 1. The van der Waals surface area contributed by atoms with Crippen LogP contribution in [0, 0.1) is 10.1 Å². The average molecular weight is 551 g/mol. The van der Waals surface area contributed by atoms with E-state index in [0.717, 1.165) is 75.6 Å². The molecule has 206 valence electrons. The Hall–Kier alpha value is -3.53. The zero-order chi connectivity index (χ0) is 27.2. The van der Waals surface area contributed by atoms with Gasteiger partial charge in [-0.2, -0.15) is 0 Å². The van der Waals surface area contributed by atoms with Crippen LogP contribution in [-0.4, -0.2) is 70.9 Å². The highest BCUT2D eigenvalue weighted by Gasteiger charge is 2.28. The van der Waals surface area contributed by atoms with E-state index in [9.17, 15) is 14.9 Å². The number of rotatable bonds is 8. The largest absolute Gasteiger partial charge is 0.353 e. The summed E-state index contributed by atoms with van der Waals surface area (Å²) in [4.78, 5) is 34.8. The van der Waals surface area contributed by atoms with Crippen molar-refractivity contribution in [2.75, 3.05) is 44.2 Å². The van der Waals surface area contributed by atoms with Crippen molar-refractivity contribution in [3.05, 3.63) is 98.7 Å². The van der Waals surface area contributed by atoms with E-state index < -0.39 is 0 Å². The topological polar surface area (TPSA) is 94.9 Å². The highest BCUT2D eigenvalue weighted by molar-refractivity contribution is 6.33. The molecule has 0 aliphatic carbocycles. The van der Waals surface area contributed by atoms with E-state index in [1.54, 1.807) is 24.4 Å². The van der Waals surface area contributed by atoms with Gasteiger partial charge in [-0.1, -0.05) is 54.1 Å². The van der Waals surface area contributed by atoms with Crippen molar-refractivity contribution < 1.29 is 11.1 Å². The van der Waals surface area contributed by atoms with Crippen LogP contribution in [0.2, 0.25) is 5.02 Å². The molecule has 1 N–H and O–H groups in total. The fraction of sp³-hybridized carbons (Fsp3) is 0.379. The predicted octanol–water partition coefficient (Wildman–Crippen LogP) is 4.61. The van der Waals surface area contributed by atoms with Crippen LogP contribution in [0.5, 0.6) is 0 Å². The second-order valence-corrected chi connectivity index (χ2v) is 10.6. The summed E-state index contributed by atoms with van der Waals surface area (Å²) in [6.45, 7) is 6.89. The Kier molecular flexibility index (Phi) is 8.71. The Morgan fingerprint density at radius 1 is 1.00 bits per heavy atom. The van der Waals surface area contributed by atoms with Gasteiger partial charge in [0.25, 0.3) is 11.6 Å². The Morgan fingerprint density at radius 3 is 2.33 bits per heavy atom. The minimum Gasteiger partial charge on any atom is -0.353 e. The molecule has 2 aromatic carbocycles. The van der Waals surface area contributed by atoms with Crippen molar-refractivity contribution in [2.45, 2.75) is 32.0 Å². The van der Waals surface area contributed by atoms with Gasteiger partial charge in [-0.15, -0.1) is 0 Å². The molecule has 0 bridgehead atoms. The minimum absolute atomic E-state index is 0. The molecule has 9 nitrogen and oxygen atoms in total. The van der Waals surface area contributed by atoms with Gasteiger partial charge in [0.2, 0.25) is 0 Å². The number of nitrogens with zero attached hydrogens (tertiary/aromatic N) is 5. The number of anilines is 1. The van der Waals surface area contributed by atoms with Crippen LogP contribution in [0.1, 0.15) is 35.8 Å². The van der Waals surface area contributed by atoms with Crippen molar-refractivity contribution in [1.29, 1.82) is 0 Å². The number of benzene rings is 2. The van der Waals surface area contributed by atoms with Crippen LogP contribution in [0.15, 0.2) is 66.9 Å². The molecule has 2 aliphatic heterocycles. The summed E-state index contributed by atoms with van der Waals surface area (Å²) in [5.41, 5.74) is 2.73. The molecule has 39 heavy (non-hydrogen) atoms. The van der Waals surface area contributed by atoms with Gasteiger partial charge in [0.15, 0.2) is 0 Å². The number of aromatic nitrogens is 1. The van der Waals surface area contributed by atoms with Crippen LogP contribution in [-0.2, 0) is 13.1 Å². The van der Waals surface area contributed by atoms with Gasteiger partial charge >= 0.3 is 0 Å². The Bertz CT molecular complexity index is 1280. The first-order valence-corrected chi connectivity index (χ1v) is 13.8. The Labute approximate surface area is 235 Å². The average Bonchev–Trinajstić information content (AvgIpc) is 2.97. The Balaban J connectivity index is 0.00000370. The van der Waals surface area contributed by atoms with Crippen LogP contribution >= 0.6 is 11.6 Å². The second kappa shape index (κ2) is 12.5. The third-order valence-corrected chi connectivity index (χ3v) is 7.90. The fourth-order valence-electron chi connectivity index (χ4n) is 5.39. The normalized spacial score (nSPS) is 17.2. The molecular weight excluding hydrogens is 516 g/mol. The highest BCUT2D eigenvalue weighted by atomic mass is 35.5. The SMILES string of the molecule is O=C(NCc1ccccc1)c1cnc(N2CCN(C3CCN(Cc4ccc([N+](=O)[O-])cc4)CC3)CC2)c(Cl)c1.[HH]. The zero-order valence-corrected chi connectivity index (χ0v) is 22.6. The number of piperazine rings is 1. The molecule has 1 amide bonds. The van der Waals surface area contributed by atoms with Crippen molar-refractivity contribution >= 4 is 29.0 Å². The summed E-state index contributed by atoms with van der Waals surface area (Å²) < 4.78 is 0. The van der Waals surface area contributed by atoms with Gasteiger partial charge in [-0.25, -0.2) is 4.98 Å². The van der Waals surface area contributed by atoms with Crippen LogP contribution in [0.3, 0.4) is 0 Å². The molecule has 0 saturated carbocycles. The maximum Gasteiger partial charge on any atom is 0.269 e. The molecule has 5 rings (SSSR count). The standard InChI is InChI=1S/C29H33ClN6O3.H2/c30-27-18-24(29(37)32-19-22-4-2-1-3-5-22)20-31-28(27)35-16-14-34(15-17-35)25-10-12-33(13-11-25)21-23-6-8-26(9-7-23)36(38)39;/h1-9,18,20,25H,10-17,19,21H2,(H,32,37);1H. The third kappa shape index (κ3) is 6.92. The number of nitro groups is 1. The monoisotopic (exact) mass is 550 g/mol. The second-order valence-electron chi connectivity index (χ2n) is 10.2. The number of pyridine rings is 1. The molecule has 1 aromatic heterocycles. The number of carbonyl (C=O) groups excluding carboxylic acids is 1. The molecule has 2 aliphatic rings. The number of halogens is 1. The quantitative estimate of drug-likeness (QED) is 0.323. The lowest BCUT2D eigenvalue weighted by Gasteiger charge is -2.43. The van der Waals surface area contributed by atoms with Gasteiger partial charge in [-0.05, 0) is 43.1 Å². The van der Waals surface area contributed by atoms with Crippen molar-refractivity contribution in [3.8, 4) is 0 Å². The molecule has 0 unspecified atom stereocenters. The number of hydrogen-bond donors (Lipinski definition) is 1. The first-order valence-electron chi connectivity index (χ1n) is 13.4. The van der Waals surface area contributed by atoms with Crippen LogP contribution in [0.25, 0.3) is 0 Å². The molecule has 2 fully saturated rings. The minimum atomic E-state index is -0.360.